The lowest BCUT2D eigenvalue weighted by Gasteiger charge is -2.38. The van der Waals surface area contributed by atoms with Crippen LogP contribution in [-0.2, 0) is 0 Å². The first kappa shape index (κ1) is 12.6. The van der Waals surface area contributed by atoms with Crippen LogP contribution in [0.4, 0.5) is 0 Å². The van der Waals surface area contributed by atoms with Gasteiger partial charge in [0.05, 0.1) is 5.69 Å². The van der Waals surface area contributed by atoms with Crippen molar-refractivity contribution in [3.8, 4) is 0 Å². The second kappa shape index (κ2) is 4.77. The van der Waals surface area contributed by atoms with Crippen molar-refractivity contribution in [2.75, 3.05) is 0 Å². The van der Waals surface area contributed by atoms with Gasteiger partial charge in [0.2, 0.25) is 0 Å². The van der Waals surface area contributed by atoms with Crippen LogP contribution in [0.25, 0.3) is 0 Å². The highest BCUT2D eigenvalue weighted by Crippen LogP contribution is 2.26. The summed E-state index contributed by atoms with van der Waals surface area (Å²) in [6.07, 6.45) is 3.45. The lowest BCUT2D eigenvalue weighted by molar-refractivity contribution is 0.0510. The van der Waals surface area contributed by atoms with E-state index in [-0.39, 0.29) is 5.91 Å². The molecule has 1 aliphatic rings. The van der Waals surface area contributed by atoms with Crippen LogP contribution in [0.15, 0.2) is 0 Å². The second-order valence-electron chi connectivity index (χ2n) is 5.00. The monoisotopic (exact) mass is 252 g/mol. The van der Waals surface area contributed by atoms with Gasteiger partial charge in [0.1, 0.15) is 0 Å². The first-order chi connectivity index (χ1) is 8.00. The van der Waals surface area contributed by atoms with Crippen molar-refractivity contribution in [2.24, 2.45) is 0 Å². The van der Waals surface area contributed by atoms with Crippen molar-refractivity contribution in [3.63, 3.8) is 0 Å². The number of thiazole rings is 1. The van der Waals surface area contributed by atoms with E-state index in [0.29, 0.717) is 17.1 Å². The van der Waals surface area contributed by atoms with E-state index in [1.165, 1.54) is 17.8 Å². The molecule has 94 valence electrons. The molecule has 1 fully saturated rings. The first-order valence-corrected chi connectivity index (χ1v) is 7.09. The number of amides is 1. The van der Waals surface area contributed by atoms with E-state index in [0.717, 1.165) is 23.4 Å². The highest BCUT2D eigenvalue weighted by Gasteiger charge is 2.31. The average Bonchev–Trinajstić information content (AvgIpc) is 2.59. The van der Waals surface area contributed by atoms with E-state index in [4.69, 9.17) is 0 Å². The van der Waals surface area contributed by atoms with Crippen LogP contribution in [-0.4, -0.2) is 27.9 Å². The average molecular weight is 252 g/mol. The lowest BCUT2D eigenvalue weighted by atomic mass is 9.97. The fraction of sp³-hybridized carbons (Fsp3) is 0.692. The summed E-state index contributed by atoms with van der Waals surface area (Å²) in [5, 5.41) is 0.653. The van der Waals surface area contributed by atoms with Crippen LogP contribution in [0.5, 0.6) is 0 Å². The highest BCUT2D eigenvalue weighted by atomic mass is 32.1. The summed E-state index contributed by atoms with van der Waals surface area (Å²) in [5.74, 6) is 0.117. The van der Waals surface area contributed by atoms with Gasteiger partial charge >= 0.3 is 0 Å². The van der Waals surface area contributed by atoms with Gasteiger partial charge in [-0.15, -0.1) is 11.3 Å². The summed E-state index contributed by atoms with van der Waals surface area (Å²) in [5.41, 5.74) is 0.982. The van der Waals surface area contributed by atoms with Gasteiger partial charge in [0.15, 0.2) is 5.01 Å². The van der Waals surface area contributed by atoms with Crippen molar-refractivity contribution < 1.29 is 4.79 Å². The topological polar surface area (TPSA) is 33.2 Å². The number of carbonyl (C=O) groups is 1. The number of aryl methyl sites for hydroxylation is 2. The van der Waals surface area contributed by atoms with Gasteiger partial charge in [0.25, 0.3) is 5.91 Å². The van der Waals surface area contributed by atoms with Gasteiger partial charge < -0.3 is 4.90 Å². The molecular formula is C13H20N2OS. The quantitative estimate of drug-likeness (QED) is 0.769. The molecule has 1 saturated heterocycles. The minimum Gasteiger partial charge on any atom is -0.331 e. The van der Waals surface area contributed by atoms with Crippen LogP contribution in [0.1, 0.15) is 53.5 Å². The lowest BCUT2D eigenvalue weighted by Crippen LogP contribution is -2.47. The van der Waals surface area contributed by atoms with E-state index >= 15 is 0 Å². The van der Waals surface area contributed by atoms with E-state index in [1.54, 1.807) is 0 Å². The molecule has 4 heteroatoms. The maximum Gasteiger partial charge on any atom is 0.283 e. The third kappa shape index (κ3) is 2.37. The second-order valence-corrected chi connectivity index (χ2v) is 6.21. The molecule has 3 nitrogen and oxygen atoms in total. The molecule has 1 amide bonds. The fourth-order valence-electron chi connectivity index (χ4n) is 2.50. The van der Waals surface area contributed by atoms with E-state index < -0.39 is 0 Å². The predicted octanol–water partition coefficient (Wildman–Crippen LogP) is 3.16. The maximum absolute atomic E-state index is 12.5. The van der Waals surface area contributed by atoms with Gasteiger partial charge in [-0.2, -0.15) is 0 Å². The molecule has 2 rings (SSSR count). The number of aromatic nitrogens is 1. The van der Waals surface area contributed by atoms with Gasteiger partial charge in [-0.25, -0.2) is 4.98 Å². The van der Waals surface area contributed by atoms with Crippen molar-refractivity contribution in [1.29, 1.82) is 0 Å². The molecule has 0 aliphatic carbocycles. The van der Waals surface area contributed by atoms with Gasteiger partial charge in [0, 0.05) is 17.0 Å². The summed E-state index contributed by atoms with van der Waals surface area (Å²) in [6, 6.07) is 0.687. The third-order valence-electron chi connectivity index (χ3n) is 3.64. The Morgan fingerprint density at radius 3 is 2.35 bits per heavy atom. The van der Waals surface area contributed by atoms with Crippen molar-refractivity contribution in [1.82, 2.24) is 9.88 Å². The predicted molar refractivity (Wildman–Crippen MR) is 70.5 cm³/mol. The van der Waals surface area contributed by atoms with E-state index in [2.05, 4.69) is 18.8 Å². The molecule has 0 N–H and O–H groups in total. The molecule has 2 atom stereocenters. The SMILES string of the molecule is Cc1nc(C(=O)N2C(C)CCCC2C)sc1C. The van der Waals surface area contributed by atoms with Crippen LogP contribution < -0.4 is 0 Å². The molecule has 0 aromatic carbocycles. The zero-order valence-corrected chi connectivity index (χ0v) is 11.8. The number of rotatable bonds is 1. The largest absolute Gasteiger partial charge is 0.331 e. The van der Waals surface area contributed by atoms with Crippen LogP contribution in [0.3, 0.4) is 0 Å². The van der Waals surface area contributed by atoms with Crippen LogP contribution >= 0.6 is 11.3 Å². The zero-order chi connectivity index (χ0) is 12.6. The van der Waals surface area contributed by atoms with Gasteiger partial charge in [-0.3, -0.25) is 4.79 Å². The normalized spacial score (nSPS) is 25.1. The summed E-state index contributed by atoms with van der Waals surface area (Å²) >= 11 is 1.52. The number of piperidine rings is 1. The number of likely N-dealkylation sites (tertiary alicyclic amines) is 1. The molecule has 1 aliphatic heterocycles. The molecule has 17 heavy (non-hydrogen) atoms. The maximum atomic E-state index is 12.5. The van der Waals surface area contributed by atoms with Crippen molar-refractivity contribution in [2.45, 2.75) is 59.0 Å². The molecule has 0 saturated carbocycles. The number of hydrogen-bond donors (Lipinski definition) is 0. The van der Waals surface area contributed by atoms with Gasteiger partial charge in [-0.05, 0) is 47.0 Å². The van der Waals surface area contributed by atoms with Crippen LogP contribution in [0.2, 0.25) is 0 Å². The smallest absolute Gasteiger partial charge is 0.283 e. The minimum absolute atomic E-state index is 0.117. The molecular weight excluding hydrogens is 232 g/mol. The van der Waals surface area contributed by atoms with E-state index in [1.807, 2.05) is 18.7 Å². The number of hydrogen-bond acceptors (Lipinski definition) is 3. The molecule has 0 radical (unpaired) electrons. The Hall–Kier alpha value is -0.900. The number of nitrogens with zero attached hydrogens (tertiary/aromatic N) is 2. The van der Waals surface area contributed by atoms with Crippen LogP contribution in [0, 0.1) is 13.8 Å². The molecule has 1 aromatic rings. The Bertz CT molecular complexity index is 398. The molecule has 1 aromatic heterocycles. The fourth-order valence-corrected chi connectivity index (χ4v) is 3.35. The molecule has 2 heterocycles. The third-order valence-corrected chi connectivity index (χ3v) is 4.70. The Morgan fingerprint density at radius 2 is 1.88 bits per heavy atom. The summed E-state index contributed by atoms with van der Waals surface area (Å²) in [4.78, 5) is 20.0. The van der Waals surface area contributed by atoms with Gasteiger partial charge in [-0.1, -0.05) is 0 Å². The standard InChI is InChI=1S/C13H20N2OS/c1-8-6-5-7-9(2)15(8)13(16)12-14-10(3)11(4)17-12/h8-9H,5-7H2,1-4H3. The molecule has 0 spiro atoms. The summed E-state index contributed by atoms with van der Waals surface area (Å²) in [6.45, 7) is 8.26. The highest BCUT2D eigenvalue weighted by molar-refractivity contribution is 7.13. The first-order valence-electron chi connectivity index (χ1n) is 6.27. The zero-order valence-electron chi connectivity index (χ0n) is 11.0. The minimum atomic E-state index is 0.117. The number of carbonyl (C=O) groups excluding carboxylic acids is 1. The molecule has 0 bridgehead atoms. The summed E-state index contributed by atoms with van der Waals surface area (Å²) < 4.78 is 0. The Kier molecular flexibility index (Phi) is 3.52. The Morgan fingerprint density at radius 1 is 1.29 bits per heavy atom. The van der Waals surface area contributed by atoms with Crippen molar-refractivity contribution >= 4 is 17.2 Å². The van der Waals surface area contributed by atoms with Crippen molar-refractivity contribution in [3.05, 3.63) is 15.6 Å². The Labute approximate surface area is 107 Å². The molecule has 2 unspecified atom stereocenters. The summed E-state index contributed by atoms with van der Waals surface area (Å²) in [7, 11) is 0. The Balaban J connectivity index is 2.23. The van der Waals surface area contributed by atoms with E-state index in [9.17, 15) is 4.79 Å².